The van der Waals surface area contributed by atoms with Gasteiger partial charge in [0.2, 0.25) is 0 Å². The second-order valence-electron chi connectivity index (χ2n) is 6.27. The van der Waals surface area contributed by atoms with Gasteiger partial charge in [0.05, 0.1) is 0 Å². The van der Waals surface area contributed by atoms with Crippen LogP contribution in [-0.4, -0.2) is 47.0 Å². The van der Waals surface area contributed by atoms with Gasteiger partial charge in [0.15, 0.2) is 5.82 Å². The van der Waals surface area contributed by atoms with Crippen LogP contribution in [-0.2, 0) is 6.54 Å². The number of hydrogen-bond acceptors (Lipinski definition) is 6. The van der Waals surface area contributed by atoms with E-state index in [0.717, 1.165) is 35.9 Å². The topological polar surface area (TPSA) is 66.0 Å². The maximum atomic E-state index is 4.67. The molecule has 0 bridgehead atoms. The Morgan fingerprint density at radius 3 is 2.27 bits per heavy atom. The molecule has 0 saturated carbocycles. The minimum Gasteiger partial charge on any atom is -0.369 e. The molecule has 0 aliphatic rings. The average Bonchev–Trinajstić information content (AvgIpc) is 2.67. The highest BCUT2D eigenvalue weighted by atomic mass is 15.1. The molecule has 2 N–H and O–H groups in total. The third-order valence-corrected chi connectivity index (χ3v) is 3.85. The van der Waals surface area contributed by atoms with Gasteiger partial charge in [-0.15, -0.1) is 0 Å². The van der Waals surface area contributed by atoms with Crippen molar-refractivity contribution in [3.8, 4) is 11.4 Å². The molecule has 2 heterocycles. The lowest BCUT2D eigenvalue weighted by Crippen LogP contribution is -2.21. The van der Waals surface area contributed by atoms with Gasteiger partial charge in [-0.2, -0.15) is 0 Å². The molecular formula is C20H24N6. The molecule has 26 heavy (non-hydrogen) atoms. The molecule has 6 heteroatoms. The summed E-state index contributed by atoms with van der Waals surface area (Å²) in [6, 6.07) is 15.9. The van der Waals surface area contributed by atoms with Crippen LogP contribution in [0.5, 0.6) is 0 Å². The number of rotatable bonds is 8. The van der Waals surface area contributed by atoms with E-state index in [9.17, 15) is 0 Å². The first-order chi connectivity index (χ1) is 12.7. The number of anilines is 2. The van der Waals surface area contributed by atoms with Crippen molar-refractivity contribution in [2.75, 3.05) is 37.8 Å². The first kappa shape index (κ1) is 17.8. The molecule has 0 atom stereocenters. The Balaban J connectivity index is 1.80. The van der Waals surface area contributed by atoms with Gasteiger partial charge in [-0.05, 0) is 31.8 Å². The number of nitrogens with zero attached hydrogens (tertiary/aromatic N) is 4. The summed E-state index contributed by atoms with van der Waals surface area (Å²) in [5.41, 5.74) is 2.15. The molecule has 0 unspecified atom stereocenters. The van der Waals surface area contributed by atoms with Gasteiger partial charge in [0.25, 0.3) is 0 Å². The van der Waals surface area contributed by atoms with E-state index in [4.69, 9.17) is 0 Å². The lowest BCUT2D eigenvalue weighted by atomic mass is 10.2. The quantitative estimate of drug-likeness (QED) is 0.652. The van der Waals surface area contributed by atoms with E-state index >= 15 is 0 Å². The van der Waals surface area contributed by atoms with Gasteiger partial charge >= 0.3 is 0 Å². The molecule has 0 radical (unpaired) electrons. The predicted octanol–water partition coefficient (Wildman–Crippen LogP) is 3.12. The number of pyridine rings is 1. The summed E-state index contributed by atoms with van der Waals surface area (Å²) in [7, 11) is 4.11. The third kappa shape index (κ3) is 5.26. The zero-order chi connectivity index (χ0) is 18.2. The van der Waals surface area contributed by atoms with E-state index in [2.05, 4.69) is 44.6 Å². The lowest BCUT2D eigenvalue weighted by Gasteiger charge is -2.13. The number of aromatic nitrogens is 3. The van der Waals surface area contributed by atoms with Gasteiger partial charge in [-0.25, -0.2) is 9.97 Å². The summed E-state index contributed by atoms with van der Waals surface area (Å²) >= 11 is 0. The van der Waals surface area contributed by atoms with Crippen molar-refractivity contribution >= 4 is 11.6 Å². The molecule has 0 spiro atoms. The maximum absolute atomic E-state index is 4.67. The number of hydrogen-bond donors (Lipinski definition) is 2. The summed E-state index contributed by atoms with van der Waals surface area (Å²) in [4.78, 5) is 15.5. The van der Waals surface area contributed by atoms with Crippen molar-refractivity contribution in [3.63, 3.8) is 0 Å². The maximum Gasteiger partial charge on any atom is 0.163 e. The van der Waals surface area contributed by atoms with Crippen LogP contribution in [0.3, 0.4) is 0 Å². The van der Waals surface area contributed by atoms with Crippen molar-refractivity contribution in [1.29, 1.82) is 0 Å². The van der Waals surface area contributed by atoms with Crippen LogP contribution < -0.4 is 10.6 Å². The number of nitrogens with one attached hydrogen (secondary N) is 2. The first-order valence-corrected chi connectivity index (χ1v) is 8.66. The van der Waals surface area contributed by atoms with Crippen molar-refractivity contribution in [2.45, 2.75) is 6.54 Å². The van der Waals surface area contributed by atoms with Crippen LogP contribution in [0.1, 0.15) is 5.56 Å². The Kier molecular flexibility index (Phi) is 6.11. The molecule has 0 amide bonds. The van der Waals surface area contributed by atoms with E-state index in [1.165, 1.54) is 0 Å². The van der Waals surface area contributed by atoms with Gasteiger partial charge < -0.3 is 15.5 Å². The third-order valence-electron chi connectivity index (χ3n) is 3.85. The van der Waals surface area contributed by atoms with Crippen molar-refractivity contribution in [1.82, 2.24) is 19.9 Å². The molecule has 0 fully saturated rings. The minimum absolute atomic E-state index is 0.685. The molecule has 1 aromatic carbocycles. The molecule has 3 rings (SSSR count). The second-order valence-corrected chi connectivity index (χ2v) is 6.27. The number of benzene rings is 1. The Labute approximate surface area is 154 Å². The smallest absolute Gasteiger partial charge is 0.163 e. The SMILES string of the molecule is CN(C)CCNc1cc(NCc2ccncc2)nc(-c2ccccc2)n1. The summed E-state index contributed by atoms with van der Waals surface area (Å²) in [6.45, 7) is 2.44. The molecule has 2 aromatic heterocycles. The summed E-state index contributed by atoms with van der Waals surface area (Å²) in [6.07, 6.45) is 3.58. The van der Waals surface area contributed by atoms with Crippen molar-refractivity contribution < 1.29 is 0 Å². The fraction of sp³-hybridized carbons (Fsp3) is 0.250. The summed E-state index contributed by atoms with van der Waals surface area (Å²) in [5.74, 6) is 2.32. The zero-order valence-corrected chi connectivity index (χ0v) is 15.2. The standard InChI is InChI=1S/C20H24N6/c1-26(2)13-12-22-18-14-19(23-15-16-8-10-21-11-9-16)25-20(24-18)17-6-4-3-5-7-17/h3-11,14H,12-13,15H2,1-2H3,(H2,22,23,24,25). The van der Waals surface area contributed by atoms with E-state index in [1.807, 2.05) is 48.5 Å². The van der Waals surface area contributed by atoms with Crippen LogP contribution in [0, 0.1) is 0 Å². The van der Waals surface area contributed by atoms with E-state index in [-0.39, 0.29) is 0 Å². The van der Waals surface area contributed by atoms with E-state index in [1.54, 1.807) is 12.4 Å². The van der Waals surface area contributed by atoms with Gasteiger partial charge in [-0.1, -0.05) is 30.3 Å². The highest BCUT2D eigenvalue weighted by molar-refractivity contribution is 5.61. The predicted molar refractivity (Wildman–Crippen MR) is 106 cm³/mol. The Morgan fingerprint density at radius 1 is 0.885 bits per heavy atom. The first-order valence-electron chi connectivity index (χ1n) is 8.66. The Bertz CT molecular complexity index is 805. The monoisotopic (exact) mass is 348 g/mol. The summed E-state index contributed by atoms with van der Waals surface area (Å²) in [5, 5.41) is 6.76. The molecular weight excluding hydrogens is 324 g/mol. The van der Waals surface area contributed by atoms with Crippen LogP contribution in [0.2, 0.25) is 0 Å². The van der Waals surface area contributed by atoms with Crippen LogP contribution in [0.15, 0.2) is 60.9 Å². The molecule has 0 saturated heterocycles. The zero-order valence-electron chi connectivity index (χ0n) is 15.2. The largest absolute Gasteiger partial charge is 0.369 e. The summed E-state index contributed by atoms with van der Waals surface area (Å²) < 4.78 is 0. The van der Waals surface area contributed by atoms with E-state index in [0.29, 0.717) is 12.4 Å². The van der Waals surface area contributed by atoms with Crippen LogP contribution >= 0.6 is 0 Å². The van der Waals surface area contributed by atoms with Crippen molar-refractivity contribution in [3.05, 3.63) is 66.5 Å². The van der Waals surface area contributed by atoms with Gasteiger partial charge in [0.1, 0.15) is 11.6 Å². The van der Waals surface area contributed by atoms with Crippen LogP contribution in [0.25, 0.3) is 11.4 Å². The minimum atomic E-state index is 0.685. The highest BCUT2D eigenvalue weighted by Crippen LogP contribution is 2.20. The Hall–Kier alpha value is -2.99. The highest BCUT2D eigenvalue weighted by Gasteiger charge is 2.07. The molecule has 6 nitrogen and oxygen atoms in total. The average molecular weight is 348 g/mol. The molecule has 0 aliphatic heterocycles. The number of likely N-dealkylation sites (N-methyl/N-ethyl adjacent to an activating group) is 1. The van der Waals surface area contributed by atoms with Gasteiger partial charge in [-0.3, -0.25) is 4.98 Å². The second kappa shape index (κ2) is 8.92. The molecule has 134 valence electrons. The molecule has 3 aromatic rings. The molecule has 0 aliphatic carbocycles. The lowest BCUT2D eigenvalue weighted by molar-refractivity contribution is 0.425. The van der Waals surface area contributed by atoms with E-state index < -0.39 is 0 Å². The fourth-order valence-corrected chi connectivity index (χ4v) is 2.45. The van der Waals surface area contributed by atoms with Gasteiger partial charge in [0, 0.05) is 43.7 Å². The Morgan fingerprint density at radius 2 is 1.58 bits per heavy atom. The fourth-order valence-electron chi connectivity index (χ4n) is 2.45. The van der Waals surface area contributed by atoms with Crippen molar-refractivity contribution in [2.24, 2.45) is 0 Å². The normalized spacial score (nSPS) is 10.7. The van der Waals surface area contributed by atoms with Crippen LogP contribution in [0.4, 0.5) is 11.6 Å².